The van der Waals surface area contributed by atoms with Crippen molar-refractivity contribution >= 4 is 11.5 Å². The summed E-state index contributed by atoms with van der Waals surface area (Å²) in [7, 11) is 0. The summed E-state index contributed by atoms with van der Waals surface area (Å²) in [6, 6.07) is 0. The first-order valence-electron chi connectivity index (χ1n) is 6.85. The number of nitrogens with zero attached hydrogens (tertiary/aromatic N) is 1. The van der Waals surface area contributed by atoms with E-state index in [0.29, 0.717) is 18.2 Å². The minimum absolute atomic E-state index is 0.238. The molecule has 1 fully saturated rings. The molecule has 19 heavy (non-hydrogen) atoms. The Morgan fingerprint density at radius 3 is 2.63 bits per heavy atom. The molecule has 2 rings (SSSR count). The van der Waals surface area contributed by atoms with Gasteiger partial charge in [0.1, 0.15) is 11.5 Å². The summed E-state index contributed by atoms with van der Waals surface area (Å²) in [6.07, 6.45) is 3.64. The SMILES string of the molecule is CC(C)Cn1c(N)c(NCC2CCC2)c(=O)[nH]c1=O. The van der Waals surface area contributed by atoms with E-state index in [1.807, 2.05) is 13.8 Å². The molecule has 0 amide bonds. The van der Waals surface area contributed by atoms with Crippen molar-refractivity contribution in [3.63, 3.8) is 0 Å². The highest BCUT2D eigenvalue weighted by atomic mass is 16.2. The normalized spacial score (nSPS) is 15.5. The van der Waals surface area contributed by atoms with Crippen LogP contribution in [0.25, 0.3) is 0 Å². The lowest BCUT2D eigenvalue weighted by Crippen LogP contribution is -2.36. The fourth-order valence-electron chi connectivity index (χ4n) is 2.25. The number of nitrogen functional groups attached to an aromatic ring is 1. The Balaban J connectivity index is 2.25. The predicted octanol–water partition coefficient (Wildman–Crippen LogP) is 0.987. The molecule has 0 bridgehead atoms. The van der Waals surface area contributed by atoms with Crippen LogP contribution in [-0.2, 0) is 6.54 Å². The molecule has 106 valence electrons. The monoisotopic (exact) mass is 266 g/mol. The molecule has 1 aliphatic rings. The standard InChI is InChI=1S/C13H22N4O2/c1-8(2)7-17-11(14)10(12(18)16-13(17)19)15-6-9-4-3-5-9/h8-9,15H,3-7,14H2,1-2H3,(H,16,18,19). The van der Waals surface area contributed by atoms with E-state index in [-0.39, 0.29) is 11.7 Å². The van der Waals surface area contributed by atoms with E-state index < -0.39 is 11.2 Å². The maximum atomic E-state index is 11.8. The van der Waals surface area contributed by atoms with Gasteiger partial charge in [-0.05, 0) is 24.7 Å². The van der Waals surface area contributed by atoms with E-state index in [1.54, 1.807) is 0 Å². The summed E-state index contributed by atoms with van der Waals surface area (Å²) < 4.78 is 1.43. The fourth-order valence-corrected chi connectivity index (χ4v) is 2.25. The van der Waals surface area contributed by atoms with Crippen LogP contribution in [0.4, 0.5) is 11.5 Å². The molecule has 1 saturated carbocycles. The lowest BCUT2D eigenvalue weighted by molar-refractivity contribution is 0.333. The maximum absolute atomic E-state index is 11.8. The van der Waals surface area contributed by atoms with Crippen LogP contribution in [0.3, 0.4) is 0 Å². The first-order chi connectivity index (χ1) is 8.99. The highest BCUT2D eigenvalue weighted by molar-refractivity contribution is 5.60. The lowest BCUT2D eigenvalue weighted by atomic mass is 9.85. The number of hydrogen-bond donors (Lipinski definition) is 3. The Morgan fingerprint density at radius 1 is 1.42 bits per heavy atom. The topological polar surface area (TPSA) is 92.9 Å². The average molecular weight is 266 g/mol. The Bertz CT molecular complexity index is 555. The van der Waals surface area contributed by atoms with E-state index >= 15 is 0 Å². The van der Waals surface area contributed by atoms with Gasteiger partial charge in [-0.3, -0.25) is 14.3 Å². The summed E-state index contributed by atoms with van der Waals surface area (Å²) in [5, 5.41) is 3.10. The third-order valence-corrected chi connectivity index (χ3v) is 3.58. The molecule has 0 aromatic carbocycles. The van der Waals surface area contributed by atoms with Crippen LogP contribution in [0, 0.1) is 11.8 Å². The molecule has 4 N–H and O–H groups in total. The van der Waals surface area contributed by atoms with Gasteiger partial charge in [-0.2, -0.15) is 0 Å². The van der Waals surface area contributed by atoms with Crippen molar-refractivity contribution in [2.75, 3.05) is 17.6 Å². The van der Waals surface area contributed by atoms with Crippen molar-refractivity contribution in [2.24, 2.45) is 11.8 Å². The fraction of sp³-hybridized carbons (Fsp3) is 0.692. The van der Waals surface area contributed by atoms with Crippen molar-refractivity contribution < 1.29 is 0 Å². The smallest absolute Gasteiger partial charge is 0.330 e. The maximum Gasteiger partial charge on any atom is 0.330 e. The Labute approximate surface area is 112 Å². The molecule has 0 aliphatic heterocycles. The van der Waals surface area contributed by atoms with Crippen LogP contribution >= 0.6 is 0 Å². The molecule has 6 heteroatoms. The molecule has 0 atom stereocenters. The number of hydrogen-bond acceptors (Lipinski definition) is 4. The van der Waals surface area contributed by atoms with E-state index in [4.69, 9.17) is 5.73 Å². The molecule has 0 radical (unpaired) electrons. The molecular weight excluding hydrogens is 244 g/mol. The van der Waals surface area contributed by atoms with Crippen molar-refractivity contribution in [1.29, 1.82) is 0 Å². The Morgan fingerprint density at radius 2 is 2.11 bits per heavy atom. The summed E-state index contributed by atoms with van der Waals surface area (Å²) in [4.78, 5) is 25.9. The van der Waals surface area contributed by atoms with Crippen LogP contribution in [0.5, 0.6) is 0 Å². The molecule has 0 spiro atoms. The highest BCUT2D eigenvalue weighted by Gasteiger charge is 2.19. The number of aromatic amines is 1. The van der Waals surface area contributed by atoms with Gasteiger partial charge in [0.15, 0.2) is 0 Å². The molecule has 1 aromatic heterocycles. The molecule has 1 aromatic rings. The third kappa shape index (κ3) is 3.00. The molecule has 0 saturated heterocycles. The van der Waals surface area contributed by atoms with Gasteiger partial charge in [0, 0.05) is 13.1 Å². The number of H-pyrrole nitrogens is 1. The van der Waals surface area contributed by atoms with Crippen LogP contribution in [-0.4, -0.2) is 16.1 Å². The first kappa shape index (κ1) is 13.7. The van der Waals surface area contributed by atoms with Gasteiger partial charge in [0.25, 0.3) is 5.56 Å². The van der Waals surface area contributed by atoms with Crippen molar-refractivity contribution in [1.82, 2.24) is 9.55 Å². The van der Waals surface area contributed by atoms with Gasteiger partial charge < -0.3 is 11.1 Å². The molecule has 1 heterocycles. The van der Waals surface area contributed by atoms with E-state index in [1.165, 1.54) is 23.8 Å². The van der Waals surface area contributed by atoms with Crippen molar-refractivity contribution in [3.05, 3.63) is 20.8 Å². The number of nitrogens with one attached hydrogen (secondary N) is 2. The second kappa shape index (κ2) is 5.50. The predicted molar refractivity (Wildman–Crippen MR) is 76.4 cm³/mol. The van der Waals surface area contributed by atoms with Crippen LogP contribution in [0.15, 0.2) is 9.59 Å². The summed E-state index contributed by atoms with van der Waals surface area (Å²) in [5.74, 6) is 1.14. The summed E-state index contributed by atoms with van der Waals surface area (Å²) in [5.41, 5.74) is 5.42. The summed E-state index contributed by atoms with van der Waals surface area (Å²) >= 11 is 0. The molecular formula is C13H22N4O2. The average Bonchev–Trinajstić information content (AvgIpc) is 2.26. The van der Waals surface area contributed by atoms with Crippen molar-refractivity contribution in [2.45, 2.75) is 39.7 Å². The van der Waals surface area contributed by atoms with E-state index in [0.717, 1.165) is 6.54 Å². The number of aromatic nitrogens is 2. The minimum atomic E-state index is -0.439. The molecule has 1 aliphatic carbocycles. The van der Waals surface area contributed by atoms with E-state index in [2.05, 4.69) is 10.3 Å². The van der Waals surface area contributed by atoms with Gasteiger partial charge in [0.05, 0.1) is 0 Å². The number of anilines is 2. The van der Waals surface area contributed by atoms with Crippen LogP contribution in [0.1, 0.15) is 33.1 Å². The summed E-state index contributed by atoms with van der Waals surface area (Å²) in [6.45, 7) is 5.24. The van der Waals surface area contributed by atoms with Crippen LogP contribution < -0.4 is 22.3 Å². The minimum Gasteiger partial charge on any atom is -0.383 e. The second-order valence-electron chi connectivity index (χ2n) is 5.70. The first-order valence-corrected chi connectivity index (χ1v) is 6.85. The van der Waals surface area contributed by atoms with Gasteiger partial charge in [0.2, 0.25) is 0 Å². The highest BCUT2D eigenvalue weighted by Crippen LogP contribution is 2.26. The quantitative estimate of drug-likeness (QED) is 0.741. The van der Waals surface area contributed by atoms with Gasteiger partial charge in [-0.1, -0.05) is 20.3 Å². The van der Waals surface area contributed by atoms with Crippen LogP contribution in [0.2, 0.25) is 0 Å². The van der Waals surface area contributed by atoms with Gasteiger partial charge in [-0.25, -0.2) is 4.79 Å². The largest absolute Gasteiger partial charge is 0.383 e. The van der Waals surface area contributed by atoms with Crippen molar-refractivity contribution in [3.8, 4) is 0 Å². The third-order valence-electron chi connectivity index (χ3n) is 3.58. The Kier molecular flexibility index (Phi) is 3.97. The molecule has 6 nitrogen and oxygen atoms in total. The zero-order valence-corrected chi connectivity index (χ0v) is 11.5. The van der Waals surface area contributed by atoms with Gasteiger partial charge >= 0.3 is 5.69 Å². The van der Waals surface area contributed by atoms with E-state index in [9.17, 15) is 9.59 Å². The second-order valence-corrected chi connectivity index (χ2v) is 5.70. The molecule has 0 unspecified atom stereocenters. The Hall–Kier alpha value is -1.72. The number of nitrogens with two attached hydrogens (primary N) is 1. The zero-order chi connectivity index (χ0) is 14.0. The lowest BCUT2D eigenvalue weighted by Gasteiger charge is -2.26. The van der Waals surface area contributed by atoms with Gasteiger partial charge in [-0.15, -0.1) is 0 Å². The number of rotatable bonds is 5. The zero-order valence-electron chi connectivity index (χ0n) is 11.5.